The Kier molecular flexibility index (Phi) is 4.19. The predicted octanol–water partition coefficient (Wildman–Crippen LogP) is 2.32. The van der Waals surface area contributed by atoms with E-state index in [4.69, 9.17) is 0 Å². The van der Waals surface area contributed by atoms with Crippen LogP contribution in [0.15, 0.2) is 24.3 Å². The molecule has 0 aromatic heterocycles. The highest BCUT2D eigenvalue weighted by Gasteiger charge is 2.42. The number of carbonyl (C=O) groups is 1. The van der Waals surface area contributed by atoms with Gasteiger partial charge in [0.05, 0.1) is 11.6 Å². The van der Waals surface area contributed by atoms with Gasteiger partial charge in [0.1, 0.15) is 5.82 Å². The van der Waals surface area contributed by atoms with E-state index in [0.29, 0.717) is 0 Å². The average Bonchev–Trinajstić information content (AvgIpc) is 2.24. The van der Waals surface area contributed by atoms with E-state index in [9.17, 15) is 27.5 Å². The minimum atomic E-state index is -5.05. The van der Waals surface area contributed by atoms with Crippen molar-refractivity contribution in [1.29, 1.82) is 0 Å². The molecule has 1 aromatic rings. The smallest absolute Gasteiger partial charge is 0.388 e. The van der Waals surface area contributed by atoms with Crippen molar-refractivity contribution in [2.45, 2.75) is 31.7 Å². The summed E-state index contributed by atoms with van der Waals surface area (Å²) in [7, 11) is 0. The molecule has 0 saturated heterocycles. The van der Waals surface area contributed by atoms with Crippen molar-refractivity contribution >= 4 is 5.91 Å². The zero-order valence-electron chi connectivity index (χ0n) is 10.3. The lowest BCUT2D eigenvalue weighted by Gasteiger charge is -2.30. The molecule has 0 aliphatic rings. The van der Waals surface area contributed by atoms with Crippen molar-refractivity contribution in [2.24, 2.45) is 0 Å². The van der Waals surface area contributed by atoms with Crippen LogP contribution in [0.25, 0.3) is 0 Å². The van der Waals surface area contributed by atoms with Crippen molar-refractivity contribution in [3.8, 4) is 0 Å². The summed E-state index contributed by atoms with van der Waals surface area (Å²) in [5.74, 6) is -2.73. The van der Waals surface area contributed by atoms with Crippen LogP contribution in [-0.4, -0.2) is 22.8 Å². The molecule has 0 aliphatic heterocycles. The predicted molar refractivity (Wildman–Crippen MR) is 59.6 cm³/mol. The molecule has 1 rings (SSSR count). The van der Waals surface area contributed by atoms with Crippen LogP contribution in [0.3, 0.4) is 0 Å². The lowest BCUT2D eigenvalue weighted by molar-refractivity contribution is -0.176. The third-order valence-corrected chi connectivity index (χ3v) is 2.44. The fraction of sp³-hybridized carbons (Fsp3) is 0.417. The minimum absolute atomic E-state index is 0.173. The van der Waals surface area contributed by atoms with E-state index in [1.807, 2.05) is 0 Å². The van der Waals surface area contributed by atoms with Gasteiger partial charge in [-0.1, -0.05) is 12.1 Å². The molecule has 2 N–H and O–H groups in total. The number of rotatable bonds is 3. The topological polar surface area (TPSA) is 49.3 Å². The molecule has 0 aliphatic carbocycles. The second kappa shape index (κ2) is 5.16. The molecule has 0 heterocycles. The van der Waals surface area contributed by atoms with Crippen molar-refractivity contribution in [3.05, 3.63) is 35.6 Å². The Morgan fingerprint density at radius 1 is 1.21 bits per heavy atom. The first-order chi connectivity index (χ1) is 8.51. The van der Waals surface area contributed by atoms with E-state index >= 15 is 0 Å². The minimum Gasteiger partial charge on any atom is -0.388 e. The van der Waals surface area contributed by atoms with Crippen LogP contribution < -0.4 is 5.32 Å². The Labute approximate surface area is 107 Å². The molecule has 0 radical (unpaired) electrons. The highest BCUT2D eigenvalue weighted by atomic mass is 19.4. The standard InChI is InChI=1S/C12H13F4NO2/c1-11(2,19)9(17-10(18)12(14,15)16)7-3-5-8(13)6-4-7/h3-6,9,19H,1-2H3,(H,17,18). The lowest BCUT2D eigenvalue weighted by atomic mass is 9.92. The Morgan fingerprint density at radius 3 is 2.05 bits per heavy atom. The second-order valence-electron chi connectivity index (χ2n) is 4.61. The average molecular weight is 279 g/mol. The summed E-state index contributed by atoms with van der Waals surface area (Å²) in [6.45, 7) is 2.50. The van der Waals surface area contributed by atoms with E-state index in [1.165, 1.54) is 26.0 Å². The molecule has 1 aromatic carbocycles. The number of benzene rings is 1. The SMILES string of the molecule is CC(C)(O)C(NC(=O)C(F)(F)F)c1ccc(F)cc1. The molecule has 0 saturated carbocycles. The maximum absolute atomic E-state index is 12.8. The third-order valence-electron chi connectivity index (χ3n) is 2.44. The molecule has 0 spiro atoms. The number of hydrogen-bond acceptors (Lipinski definition) is 2. The van der Waals surface area contributed by atoms with Gasteiger partial charge >= 0.3 is 12.1 Å². The van der Waals surface area contributed by atoms with Crippen molar-refractivity contribution < 1.29 is 27.5 Å². The van der Waals surface area contributed by atoms with Crippen LogP contribution in [0, 0.1) is 5.82 Å². The van der Waals surface area contributed by atoms with Crippen LogP contribution in [0.5, 0.6) is 0 Å². The van der Waals surface area contributed by atoms with Crippen LogP contribution >= 0.6 is 0 Å². The molecule has 0 fully saturated rings. The van der Waals surface area contributed by atoms with Crippen molar-refractivity contribution in [3.63, 3.8) is 0 Å². The van der Waals surface area contributed by atoms with Gasteiger partial charge in [-0.05, 0) is 31.5 Å². The monoisotopic (exact) mass is 279 g/mol. The van der Waals surface area contributed by atoms with E-state index in [0.717, 1.165) is 12.1 Å². The number of alkyl halides is 3. The number of amides is 1. The molecule has 1 atom stereocenters. The first kappa shape index (κ1) is 15.4. The van der Waals surface area contributed by atoms with Gasteiger partial charge in [-0.25, -0.2) is 4.39 Å². The normalized spacial score (nSPS) is 14.1. The molecule has 19 heavy (non-hydrogen) atoms. The fourth-order valence-electron chi connectivity index (χ4n) is 1.54. The Morgan fingerprint density at radius 2 is 1.68 bits per heavy atom. The van der Waals surface area contributed by atoms with Crippen LogP contribution in [0.2, 0.25) is 0 Å². The summed E-state index contributed by atoms with van der Waals surface area (Å²) in [6.07, 6.45) is -5.05. The summed E-state index contributed by atoms with van der Waals surface area (Å²) in [6, 6.07) is 3.17. The molecule has 0 bridgehead atoms. The number of aliphatic hydroxyl groups is 1. The summed E-state index contributed by atoms with van der Waals surface area (Å²) in [5.41, 5.74) is -1.47. The van der Waals surface area contributed by atoms with E-state index < -0.39 is 29.5 Å². The van der Waals surface area contributed by atoms with Crippen molar-refractivity contribution in [2.75, 3.05) is 0 Å². The number of nitrogens with one attached hydrogen (secondary N) is 1. The molecule has 3 nitrogen and oxygen atoms in total. The van der Waals surface area contributed by atoms with Gasteiger partial charge in [-0.3, -0.25) is 4.79 Å². The molecule has 1 unspecified atom stereocenters. The van der Waals surface area contributed by atoms with Crippen LogP contribution in [-0.2, 0) is 4.79 Å². The van der Waals surface area contributed by atoms with Gasteiger partial charge in [-0.15, -0.1) is 0 Å². The number of halogens is 4. The van der Waals surface area contributed by atoms with Gasteiger partial charge in [0.2, 0.25) is 0 Å². The van der Waals surface area contributed by atoms with Gasteiger partial charge in [0.15, 0.2) is 0 Å². The fourth-order valence-corrected chi connectivity index (χ4v) is 1.54. The van der Waals surface area contributed by atoms with Crippen molar-refractivity contribution in [1.82, 2.24) is 5.32 Å². The van der Waals surface area contributed by atoms with Crippen LogP contribution in [0.1, 0.15) is 25.5 Å². The lowest BCUT2D eigenvalue weighted by Crippen LogP contribution is -2.46. The summed E-state index contributed by atoms with van der Waals surface area (Å²) < 4.78 is 49.4. The first-order valence-corrected chi connectivity index (χ1v) is 5.37. The number of carbonyl (C=O) groups excluding carboxylic acids is 1. The van der Waals surface area contributed by atoms with E-state index in [1.54, 1.807) is 5.32 Å². The maximum atomic E-state index is 12.8. The summed E-state index contributed by atoms with van der Waals surface area (Å²) in [5, 5.41) is 11.5. The Balaban J connectivity index is 3.04. The van der Waals surface area contributed by atoms with Gasteiger partial charge in [-0.2, -0.15) is 13.2 Å². The zero-order valence-corrected chi connectivity index (χ0v) is 10.3. The van der Waals surface area contributed by atoms with E-state index in [-0.39, 0.29) is 5.56 Å². The van der Waals surface area contributed by atoms with E-state index in [2.05, 4.69) is 0 Å². The molecular formula is C12H13F4NO2. The second-order valence-corrected chi connectivity index (χ2v) is 4.61. The molecule has 106 valence electrons. The quantitative estimate of drug-likeness (QED) is 0.834. The largest absolute Gasteiger partial charge is 0.471 e. The maximum Gasteiger partial charge on any atom is 0.471 e. The summed E-state index contributed by atoms with van der Waals surface area (Å²) in [4.78, 5) is 10.9. The molecule has 7 heteroatoms. The highest BCUT2D eigenvalue weighted by molar-refractivity contribution is 5.82. The van der Waals surface area contributed by atoms with Gasteiger partial charge in [0, 0.05) is 0 Å². The molecule has 1 amide bonds. The zero-order chi connectivity index (χ0) is 14.8. The van der Waals surface area contributed by atoms with Crippen LogP contribution in [0.4, 0.5) is 17.6 Å². The highest BCUT2D eigenvalue weighted by Crippen LogP contribution is 2.27. The number of hydrogen-bond donors (Lipinski definition) is 2. The molecular weight excluding hydrogens is 266 g/mol. The Hall–Kier alpha value is -1.63. The summed E-state index contributed by atoms with van der Waals surface area (Å²) >= 11 is 0. The third kappa shape index (κ3) is 4.20. The van der Waals surface area contributed by atoms with Gasteiger partial charge in [0.25, 0.3) is 0 Å². The first-order valence-electron chi connectivity index (χ1n) is 5.37. The van der Waals surface area contributed by atoms with Gasteiger partial charge < -0.3 is 10.4 Å². The Bertz CT molecular complexity index is 448.